The van der Waals surface area contributed by atoms with Crippen LogP contribution in [-0.4, -0.2) is 55.6 Å². The lowest BCUT2D eigenvalue weighted by molar-refractivity contribution is 0.0332. The predicted octanol–water partition coefficient (Wildman–Crippen LogP) is -1.13. The van der Waals surface area contributed by atoms with Crippen molar-refractivity contribution in [3.05, 3.63) is 11.9 Å². The molecule has 4 N–H and O–H groups in total. The Kier molecular flexibility index (Phi) is 3.68. The minimum absolute atomic E-state index is 0.144. The van der Waals surface area contributed by atoms with Gasteiger partial charge < -0.3 is 5.11 Å². The van der Waals surface area contributed by atoms with Crippen LogP contribution in [0.2, 0.25) is 0 Å². The van der Waals surface area contributed by atoms with Gasteiger partial charge in [-0.2, -0.15) is 0 Å². The van der Waals surface area contributed by atoms with E-state index in [2.05, 4.69) is 15.2 Å². The quantitative estimate of drug-likeness (QED) is 0.366. The van der Waals surface area contributed by atoms with Gasteiger partial charge in [0.15, 0.2) is 5.69 Å². The number of rotatable bonds is 4. The average molecular weight is 280 g/mol. The van der Waals surface area contributed by atoms with Gasteiger partial charge >= 0.3 is 0 Å². The smallest absolute Gasteiger partial charge is 0.287 e. The minimum atomic E-state index is -0.433. The third kappa shape index (κ3) is 2.54. The molecule has 1 aromatic heterocycles. The first-order valence-electron chi connectivity index (χ1n) is 7.02. The van der Waals surface area contributed by atoms with Crippen molar-refractivity contribution in [3.63, 3.8) is 0 Å². The molecule has 2 saturated heterocycles. The van der Waals surface area contributed by atoms with Crippen LogP contribution >= 0.6 is 0 Å². The van der Waals surface area contributed by atoms with Crippen molar-refractivity contribution >= 4 is 5.91 Å². The van der Waals surface area contributed by atoms with Gasteiger partial charge in [0.1, 0.15) is 0 Å². The molecule has 0 spiro atoms. The number of amides is 1. The lowest BCUT2D eigenvalue weighted by atomic mass is 10.00. The molecule has 8 heteroatoms. The van der Waals surface area contributed by atoms with E-state index in [9.17, 15) is 9.90 Å². The summed E-state index contributed by atoms with van der Waals surface area (Å²) in [5, 5.41) is 17.5. The number of nitrogens with one attached hydrogen (secondary N) is 1. The normalized spacial score (nSPS) is 29.6. The highest BCUT2D eigenvalue weighted by molar-refractivity contribution is 5.91. The predicted molar refractivity (Wildman–Crippen MR) is 70.4 cm³/mol. The molecule has 2 aliphatic heterocycles. The molecule has 0 aromatic carbocycles. The third-order valence-corrected chi connectivity index (χ3v) is 4.35. The van der Waals surface area contributed by atoms with E-state index in [4.69, 9.17) is 5.84 Å². The van der Waals surface area contributed by atoms with Gasteiger partial charge in [-0.25, -0.2) is 5.84 Å². The van der Waals surface area contributed by atoms with Crippen LogP contribution in [-0.2, 0) is 6.54 Å². The SMILES string of the molecule is NNC(=O)c1cn(CCN2C3CCC2CC(O)C3)nn1. The van der Waals surface area contributed by atoms with Crippen molar-refractivity contribution in [1.29, 1.82) is 0 Å². The van der Waals surface area contributed by atoms with E-state index in [0.717, 1.165) is 19.4 Å². The molecule has 3 heterocycles. The van der Waals surface area contributed by atoms with E-state index in [1.807, 2.05) is 5.43 Å². The van der Waals surface area contributed by atoms with Crippen LogP contribution in [0.1, 0.15) is 36.2 Å². The molecule has 0 saturated carbocycles. The molecule has 0 aliphatic carbocycles. The Bertz CT molecular complexity index is 476. The molecule has 3 rings (SSSR count). The second kappa shape index (κ2) is 5.47. The summed E-state index contributed by atoms with van der Waals surface area (Å²) < 4.78 is 1.66. The average Bonchev–Trinajstić information content (AvgIpc) is 2.99. The Morgan fingerprint density at radius 2 is 2.10 bits per heavy atom. The van der Waals surface area contributed by atoms with E-state index in [1.54, 1.807) is 10.9 Å². The summed E-state index contributed by atoms with van der Waals surface area (Å²) >= 11 is 0. The largest absolute Gasteiger partial charge is 0.393 e. The number of carbonyl (C=O) groups is 1. The van der Waals surface area contributed by atoms with Crippen molar-refractivity contribution < 1.29 is 9.90 Å². The Morgan fingerprint density at radius 1 is 1.40 bits per heavy atom. The van der Waals surface area contributed by atoms with Crippen LogP contribution in [0, 0.1) is 0 Å². The number of nitrogens with zero attached hydrogens (tertiary/aromatic N) is 4. The van der Waals surface area contributed by atoms with Gasteiger partial charge in [-0.15, -0.1) is 5.10 Å². The number of hydrogen-bond acceptors (Lipinski definition) is 6. The maximum atomic E-state index is 11.3. The summed E-state index contributed by atoms with van der Waals surface area (Å²) in [4.78, 5) is 13.7. The third-order valence-electron chi connectivity index (χ3n) is 4.35. The maximum absolute atomic E-state index is 11.3. The molecule has 1 aromatic rings. The molecule has 2 bridgehead atoms. The number of piperidine rings is 1. The van der Waals surface area contributed by atoms with Crippen LogP contribution in [0.5, 0.6) is 0 Å². The molecule has 2 fully saturated rings. The molecule has 1 amide bonds. The number of aliphatic hydroxyl groups excluding tert-OH is 1. The standard InChI is InChI=1S/C12H20N6O2/c13-14-12(20)11-7-17(16-15-11)3-4-18-8-1-2-9(18)6-10(19)5-8/h7-10,19H,1-6,13H2,(H,14,20). The zero-order chi connectivity index (χ0) is 14.1. The number of aromatic nitrogens is 3. The van der Waals surface area contributed by atoms with Crippen molar-refractivity contribution in [2.75, 3.05) is 6.54 Å². The summed E-state index contributed by atoms with van der Waals surface area (Å²) in [5.41, 5.74) is 2.26. The Hall–Kier alpha value is -1.51. The number of nitrogen functional groups attached to an aromatic ring is 1. The van der Waals surface area contributed by atoms with Gasteiger partial charge in [-0.3, -0.25) is 19.8 Å². The highest BCUT2D eigenvalue weighted by atomic mass is 16.3. The molecule has 20 heavy (non-hydrogen) atoms. The van der Waals surface area contributed by atoms with Gasteiger partial charge in [-0.1, -0.05) is 5.21 Å². The number of carbonyl (C=O) groups excluding carboxylic acids is 1. The van der Waals surface area contributed by atoms with Crippen molar-refractivity contribution in [2.45, 2.75) is 50.4 Å². The van der Waals surface area contributed by atoms with Gasteiger partial charge in [0.05, 0.1) is 18.8 Å². The number of nitrogens with two attached hydrogens (primary N) is 1. The highest BCUT2D eigenvalue weighted by Crippen LogP contribution is 2.35. The van der Waals surface area contributed by atoms with E-state index < -0.39 is 5.91 Å². The van der Waals surface area contributed by atoms with Gasteiger partial charge in [-0.05, 0) is 25.7 Å². The molecule has 2 unspecified atom stereocenters. The lowest BCUT2D eigenvalue weighted by Gasteiger charge is -2.37. The van der Waals surface area contributed by atoms with Crippen molar-refractivity contribution in [1.82, 2.24) is 25.3 Å². The Balaban J connectivity index is 1.57. The molecular weight excluding hydrogens is 260 g/mol. The maximum Gasteiger partial charge on any atom is 0.287 e. The van der Waals surface area contributed by atoms with E-state index in [0.29, 0.717) is 18.6 Å². The second-order valence-electron chi connectivity index (χ2n) is 5.59. The van der Waals surface area contributed by atoms with Gasteiger partial charge in [0.2, 0.25) is 0 Å². The first-order valence-corrected chi connectivity index (χ1v) is 7.02. The summed E-state index contributed by atoms with van der Waals surface area (Å²) in [6.45, 7) is 1.56. The summed E-state index contributed by atoms with van der Waals surface area (Å²) in [5.74, 6) is 4.62. The lowest BCUT2D eigenvalue weighted by Crippen LogP contribution is -2.45. The van der Waals surface area contributed by atoms with Crippen LogP contribution in [0.25, 0.3) is 0 Å². The number of hydrogen-bond donors (Lipinski definition) is 3. The summed E-state index contributed by atoms with van der Waals surface area (Å²) in [6, 6.07) is 0.971. The molecular formula is C12H20N6O2. The molecule has 2 aliphatic rings. The zero-order valence-corrected chi connectivity index (χ0v) is 11.3. The summed E-state index contributed by atoms with van der Waals surface area (Å²) in [6.07, 6.45) is 5.53. The molecule has 8 nitrogen and oxygen atoms in total. The fraction of sp³-hybridized carbons (Fsp3) is 0.750. The van der Waals surface area contributed by atoms with Gasteiger partial charge in [0.25, 0.3) is 5.91 Å². The number of fused-ring (bicyclic) bond motifs is 2. The van der Waals surface area contributed by atoms with E-state index in [1.165, 1.54) is 12.8 Å². The van der Waals surface area contributed by atoms with Crippen LogP contribution < -0.4 is 11.3 Å². The Labute approximate surface area is 116 Å². The Morgan fingerprint density at radius 3 is 2.75 bits per heavy atom. The van der Waals surface area contributed by atoms with Crippen LogP contribution in [0.4, 0.5) is 0 Å². The fourth-order valence-corrected chi connectivity index (χ4v) is 3.41. The topological polar surface area (TPSA) is 109 Å². The monoisotopic (exact) mass is 280 g/mol. The first kappa shape index (κ1) is 13.5. The van der Waals surface area contributed by atoms with Gasteiger partial charge in [0, 0.05) is 18.6 Å². The van der Waals surface area contributed by atoms with E-state index in [-0.39, 0.29) is 11.8 Å². The van der Waals surface area contributed by atoms with E-state index >= 15 is 0 Å². The molecule has 0 radical (unpaired) electrons. The summed E-state index contributed by atoms with van der Waals surface area (Å²) in [7, 11) is 0. The highest BCUT2D eigenvalue weighted by Gasteiger charge is 2.39. The van der Waals surface area contributed by atoms with Crippen LogP contribution in [0.3, 0.4) is 0 Å². The molecule has 110 valence electrons. The molecule has 2 atom stereocenters. The second-order valence-corrected chi connectivity index (χ2v) is 5.59. The van der Waals surface area contributed by atoms with Crippen LogP contribution in [0.15, 0.2) is 6.20 Å². The van der Waals surface area contributed by atoms with Crippen molar-refractivity contribution in [2.24, 2.45) is 5.84 Å². The minimum Gasteiger partial charge on any atom is -0.393 e. The fourth-order valence-electron chi connectivity index (χ4n) is 3.41. The van der Waals surface area contributed by atoms with Crippen molar-refractivity contribution in [3.8, 4) is 0 Å². The first-order chi connectivity index (χ1) is 9.67. The number of hydrazine groups is 1. The number of aliphatic hydroxyl groups is 1. The zero-order valence-electron chi connectivity index (χ0n) is 11.3.